The highest BCUT2D eigenvalue weighted by Gasteiger charge is 2.34. The van der Waals surface area contributed by atoms with E-state index in [1.54, 1.807) is 51.1 Å². The van der Waals surface area contributed by atoms with Crippen molar-refractivity contribution in [1.82, 2.24) is 4.57 Å². The van der Waals surface area contributed by atoms with Gasteiger partial charge in [-0.1, -0.05) is 35.1 Å². The number of carbonyl (C=O) groups excluding carboxylic acids is 1. The topological polar surface area (TPSA) is 160 Å². The molecule has 214 valence electrons. The average Bonchev–Trinajstić information content (AvgIpc) is 3.52. The van der Waals surface area contributed by atoms with Gasteiger partial charge in [0.1, 0.15) is 16.5 Å². The lowest BCUT2D eigenvalue weighted by molar-refractivity contribution is -0.385. The number of esters is 1. The molecule has 5 rings (SSSR count). The maximum Gasteiger partial charge on any atom is 0.338 e. The molecule has 0 N–H and O–H groups in total. The Kier molecular flexibility index (Phi) is 7.63. The van der Waals surface area contributed by atoms with Crippen LogP contribution in [0.1, 0.15) is 36.8 Å². The van der Waals surface area contributed by atoms with Crippen LogP contribution in [-0.2, 0) is 9.53 Å². The Hall–Kier alpha value is -4.88. The molecule has 4 aromatic rings. The second-order valence-corrected chi connectivity index (χ2v) is 10.6. The number of furan rings is 1. The van der Waals surface area contributed by atoms with Gasteiger partial charge in [0.15, 0.2) is 4.80 Å². The molecule has 0 spiro atoms. The van der Waals surface area contributed by atoms with Crippen LogP contribution in [0.5, 0.6) is 0 Å². The molecule has 0 bridgehead atoms. The Morgan fingerprint density at radius 2 is 1.86 bits per heavy atom. The van der Waals surface area contributed by atoms with Gasteiger partial charge in [0.25, 0.3) is 16.9 Å². The molecule has 0 saturated carbocycles. The number of fused-ring (bicyclic) bond motifs is 1. The highest BCUT2D eigenvalue weighted by atomic mass is 35.5. The molecule has 2 aromatic carbocycles. The number of allylic oxidation sites excluding steroid dienone is 1. The lowest BCUT2D eigenvalue weighted by Gasteiger charge is -2.24. The lowest BCUT2D eigenvalue weighted by Crippen LogP contribution is -2.40. The standard InChI is InChI=1S/C28H21ClN4O8S/c1-4-40-27(35)24-15(3)30-28-31(25(24)17-6-5-14(2)20(12-17)32(36)37)26(34)23(42-28)13-18-8-10-22(41-18)16-7-9-19(29)21(11-16)33(38)39/h5-13,25H,4H2,1-3H3/b23-13+/t25-/m1/s1. The first-order valence-corrected chi connectivity index (χ1v) is 13.7. The van der Waals surface area contributed by atoms with Crippen LogP contribution in [0.3, 0.4) is 0 Å². The van der Waals surface area contributed by atoms with E-state index in [1.807, 2.05) is 0 Å². The fourth-order valence-corrected chi connectivity index (χ4v) is 5.83. The predicted molar refractivity (Wildman–Crippen MR) is 154 cm³/mol. The van der Waals surface area contributed by atoms with Crippen molar-refractivity contribution in [2.24, 2.45) is 4.99 Å². The Balaban J connectivity index is 1.65. The summed E-state index contributed by atoms with van der Waals surface area (Å²) in [7, 11) is 0. The highest BCUT2D eigenvalue weighted by molar-refractivity contribution is 7.07. The maximum absolute atomic E-state index is 13.8. The third-order valence-corrected chi connectivity index (χ3v) is 7.89. The van der Waals surface area contributed by atoms with E-state index in [0.717, 1.165) is 11.3 Å². The number of hydrogen-bond donors (Lipinski definition) is 0. The number of rotatable bonds is 7. The Labute approximate surface area is 245 Å². The Morgan fingerprint density at radius 1 is 1.12 bits per heavy atom. The van der Waals surface area contributed by atoms with Gasteiger partial charge < -0.3 is 9.15 Å². The van der Waals surface area contributed by atoms with Gasteiger partial charge >= 0.3 is 5.97 Å². The van der Waals surface area contributed by atoms with E-state index in [9.17, 15) is 29.8 Å². The van der Waals surface area contributed by atoms with Crippen molar-refractivity contribution in [1.29, 1.82) is 0 Å². The summed E-state index contributed by atoms with van der Waals surface area (Å²) >= 11 is 6.97. The maximum atomic E-state index is 13.8. The summed E-state index contributed by atoms with van der Waals surface area (Å²) in [4.78, 5) is 53.5. The smallest absolute Gasteiger partial charge is 0.338 e. The highest BCUT2D eigenvalue weighted by Crippen LogP contribution is 2.34. The third-order valence-electron chi connectivity index (χ3n) is 6.59. The van der Waals surface area contributed by atoms with Crippen LogP contribution in [0, 0.1) is 27.2 Å². The molecule has 42 heavy (non-hydrogen) atoms. The molecule has 0 radical (unpaired) electrons. The first-order valence-electron chi connectivity index (χ1n) is 12.5. The van der Waals surface area contributed by atoms with Crippen molar-refractivity contribution in [2.75, 3.05) is 6.61 Å². The number of nitro benzene ring substituents is 2. The van der Waals surface area contributed by atoms with E-state index in [-0.39, 0.29) is 43.7 Å². The molecule has 0 fully saturated rings. The van der Waals surface area contributed by atoms with Gasteiger partial charge in [0.05, 0.1) is 38.3 Å². The largest absolute Gasteiger partial charge is 0.463 e. The van der Waals surface area contributed by atoms with Gasteiger partial charge in [-0.25, -0.2) is 9.79 Å². The zero-order valence-corrected chi connectivity index (χ0v) is 23.9. The average molecular weight is 609 g/mol. The number of thiazole rings is 1. The number of benzene rings is 2. The molecule has 0 amide bonds. The fraction of sp³-hybridized carbons (Fsp3) is 0.179. The zero-order valence-electron chi connectivity index (χ0n) is 22.3. The van der Waals surface area contributed by atoms with Gasteiger partial charge in [-0.2, -0.15) is 0 Å². The van der Waals surface area contributed by atoms with Crippen molar-refractivity contribution in [3.8, 4) is 11.3 Å². The van der Waals surface area contributed by atoms with Crippen LogP contribution < -0.4 is 14.9 Å². The number of aromatic nitrogens is 1. The van der Waals surface area contributed by atoms with Crippen molar-refractivity contribution in [3.63, 3.8) is 0 Å². The van der Waals surface area contributed by atoms with Crippen LogP contribution in [0.15, 0.2) is 74.0 Å². The molecule has 12 nitrogen and oxygen atoms in total. The van der Waals surface area contributed by atoms with Crippen LogP contribution >= 0.6 is 22.9 Å². The summed E-state index contributed by atoms with van der Waals surface area (Å²) in [5.74, 6) is -0.0789. The van der Waals surface area contributed by atoms with Crippen LogP contribution in [0.2, 0.25) is 5.02 Å². The van der Waals surface area contributed by atoms with Gasteiger partial charge in [0, 0.05) is 29.3 Å². The van der Waals surface area contributed by atoms with Gasteiger partial charge in [-0.3, -0.25) is 29.6 Å². The van der Waals surface area contributed by atoms with Crippen LogP contribution in [0.25, 0.3) is 17.4 Å². The van der Waals surface area contributed by atoms with Crippen molar-refractivity contribution in [3.05, 3.63) is 122 Å². The molecule has 1 aliphatic heterocycles. The van der Waals surface area contributed by atoms with E-state index < -0.39 is 27.4 Å². The molecule has 1 aliphatic rings. The third kappa shape index (κ3) is 5.15. The van der Waals surface area contributed by atoms with Crippen molar-refractivity contribution >= 4 is 46.4 Å². The first kappa shape index (κ1) is 28.6. The van der Waals surface area contributed by atoms with E-state index in [2.05, 4.69) is 4.99 Å². The lowest BCUT2D eigenvalue weighted by atomic mass is 9.94. The molecule has 2 aromatic heterocycles. The minimum Gasteiger partial charge on any atom is -0.463 e. The van der Waals surface area contributed by atoms with E-state index in [1.165, 1.54) is 28.8 Å². The van der Waals surface area contributed by atoms with Crippen LogP contribution in [-0.4, -0.2) is 27.0 Å². The molecule has 14 heteroatoms. The van der Waals surface area contributed by atoms with Gasteiger partial charge in [-0.15, -0.1) is 0 Å². The van der Waals surface area contributed by atoms with E-state index >= 15 is 0 Å². The number of carbonyl (C=O) groups is 1. The monoisotopic (exact) mass is 608 g/mol. The molecular weight excluding hydrogens is 588 g/mol. The van der Waals surface area contributed by atoms with Crippen molar-refractivity contribution in [2.45, 2.75) is 26.8 Å². The minimum atomic E-state index is -1.02. The number of nitrogens with zero attached hydrogens (tertiary/aromatic N) is 4. The van der Waals surface area contributed by atoms with E-state index in [4.69, 9.17) is 20.8 Å². The summed E-state index contributed by atoms with van der Waals surface area (Å²) in [5, 5.41) is 23.0. The second-order valence-electron chi connectivity index (χ2n) is 9.23. The molecule has 0 aliphatic carbocycles. The minimum absolute atomic E-state index is 0.0115. The summed E-state index contributed by atoms with van der Waals surface area (Å²) in [6.45, 7) is 4.94. The number of aryl methyl sites for hydroxylation is 1. The molecule has 0 saturated heterocycles. The Morgan fingerprint density at radius 3 is 2.55 bits per heavy atom. The predicted octanol–water partition coefficient (Wildman–Crippen LogP) is 4.84. The number of halogens is 1. The quantitative estimate of drug-likeness (QED) is 0.164. The number of hydrogen-bond acceptors (Lipinski definition) is 10. The van der Waals surface area contributed by atoms with Crippen LogP contribution in [0.4, 0.5) is 11.4 Å². The Bertz CT molecular complexity index is 2010. The second kappa shape index (κ2) is 11.2. The summed E-state index contributed by atoms with van der Waals surface area (Å²) in [6.07, 6.45) is 1.50. The SMILES string of the molecule is CCOC(=O)C1=C(C)N=c2s/c(=C/c3ccc(-c4ccc(Cl)c([N+](=O)[O-])c4)o3)c(=O)n2[C@@H]1c1ccc(C)c([N+](=O)[O-])c1. The molecule has 3 heterocycles. The number of nitro groups is 2. The summed E-state index contributed by atoms with van der Waals surface area (Å²) < 4.78 is 12.7. The molecular formula is C28H21ClN4O8S. The van der Waals surface area contributed by atoms with Crippen molar-refractivity contribution < 1.29 is 23.8 Å². The summed E-state index contributed by atoms with van der Waals surface area (Å²) in [5.41, 5.74) is 0.681. The van der Waals surface area contributed by atoms with Gasteiger partial charge in [0.2, 0.25) is 0 Å². The van der Waals surface area contributed by atoms with Gasteiger partial charge in [-0.05, 0) is 50.6 Å². The molecule has 0 unspecified atom stereocenters. The number of ether oxygens (including phenoxy) is 1. The fourth-order valence-electron chi connectivity index (χ4n) is 4.62. The zero-order chi connectivity index (χ0) is 30.3. The van der Waals surface area contributed by atoms with E-state index in [0.29, 0.717) is 28.1 Å². The molecule has 1 atom stereocenters. The summed E-state index contributed by atoms with van der Waals surface area (Å²) in [6, 6.07) is 11.0. The first-order chi connectivity index (χ1) is 20.0. The normalized spacial score (nSPS) is 14.9.